The maximum absolute atomic E-state index is 5.86. The number of hydrogen-bond acceptors (Lipinski definition) is 4. The summed E-state index contributed by atoms with van der Waals surface area (Å²) in [6.45, 7) is 8.44. The molecule has 0 N–H and O–H groups in total. The molecule has 0 spiro atoms. The molecule has 0 aliphatic rings. The van der Waals surface area contributed by atoms with Gasteiger partial charge in [-0.15, -0.1) is 0 Å². The summed E-state index contributed by atoms with van der Waals surface area (Å²) in [5.74, 6) is 1.94. The van der Waals surface area contributed by atoms with E-state index in [1.807, 2.05) is 6.07 Å². The molecule has 1 rings (SSSR count). The van der Waals surface area contributed by atoms with Gasteiger partial charge in [-0.05, 0) is 19.3 Å². The maximum Gasteiger partial charge on any atom is 0.261 e. The minimum Gasteiger partial charge on any atom is -0.489 e. The third-order valence-corrected chi connectivity index (χ3v) is 3.07. The minimum atomic E-state index is 0.550. The molecule has 4 heteroatoms. The Morgan fingerprint density at radius 1 is 0.810 bits per heavy atom. The van der Waals surface area contributed by atoms with Gasteiger partial charge >= 0.3 is 0 Å². The van der Waals surface area contributed by atoms with Crippen molar-refractivity contribution in [3.63, 3.8) is 0 Å². The van der Waals surface area contributed by atoms with Crippen LogP contribution >= 0.6 is 0 Å². The van der Waals surface area contributed by atoms with Gasteiger partial charge in [-0.1, -0.05) is 40.0 Å². The Labute approximate surface area is 128 Å². The van der Waals surface area contributed by atoms with Crippen molar-refractivity contribution in [3.05, 3.63) is 12.3 Å². The number of rotatable bonds is 12. The second-order valence-electron chi connectivity index (χ2n) is 5.05. The molecule has 1 aromatic rings. The molecular formula is C17H29NO3. The fourth-order valence-corrected chi connectivity index (χ4v) is 1.72. The van der Waals surface area contributed by atoms with Crippen LogP contribution in [0.3, 0.4) is 0 Å². The molecular weight excluding hydrogens is 266 g/mol. The van der Waals surface area contributed by atoms with Gasteiger partial charge in [-0.3, -0.25) is 0 Å². The molecule has 1 heterocycles. The third-order valence-electron chi connectivity index (χ3n) is 3.07. The molecule has 0 fully saturated rings. The summed E-state index contributed by atoms with van der Waals surface area (Å²) < 4.78 is 17.4. The zero-order chi connectivity index (χ0) is 15.3. The molecule has 0 saturated carbocycles. The van der Waals surface area contributed by atoms with Crippen LogP contribution in [0.2, 0.25) is 0 Å². The van der Waals surface area contributed by atoms with Crippen LogP contribution in [-0.2, 0) is 0 Å². The molecule has 0 atom stereocenters. The van der Waals surface area contributed by atoms with Crippen LogP contribution in [0.4, 0.5) is 0 Å². The molecule has 0 amide bonds. The van der Waals surface area contributed by atoms with Gasteiger partial charge in [0, 0.05) is 12.3 Å². The SMILES string of the molecule is CCCCOc1ccnc(OCCCC)c1OCCCC. The second kappa shape index (κ2) is 11.2. The van der Waals surface area contributed by atoms with Crippen LogP contribution in [0.5, 0.6) is 17.4 Å². The summed E-state index contributed by atoms with van der Waals surface area (Å²) in [5, 5.41) is 0. The Morgan fingerprint density at radius 3 is 2.00 bits per heavy atom. The van der Waals surface area contributed by atoms with Crippen molar-refractivity contribution < 1.29 is 14.2 Å². The van der Waals surface area contributed by atoms with E-state index in [0.29, 0.717) is 31.5 Å². The summed E-state index contributed by atoms with van der Waals surface area (Å²) in [7, 11) is 0. The molecule has 0 bridgehead atoms. The van der Waals surface area contributed by atoms with Gasteiger partial charge in [0.1, 0.15) is 0 Å². The van der Waals surface area contributed by atoms with E-state index >= 15 is 0 Å². The van der Waals surface area contributed by atoms with Gasteiger partial charge in [0.05, 0.1) is 19.8 Å². The van der Waals surface area contributed by atoms with Gasteiger partial charge in [-0.25, -0.2) is 4.98 Å². The van der Waals surface area contributed by atoms with Crippen LogP contribution in [0, 0.1) is 0 Å². The first-order valence-electron chi connectivity index (χ1n) is 8.20. The largest absolute Gasteiger partial charge is 0.489 e. The van der Waals surface area contributed by atoms with Crippen molar-refractivity contribution in [3.8, 4) is 17.4 Å². The van der Waals surface area contributed by atoms with E-state index < -0.39 is 0 Å². The first-order chi connectivity index (χ1) is 10.3. The molecule has 1 aromatic heterocycles. The molecule has 0 aliphatic carbocycles. The van der Waals surface area contributed by atoms with Crippen molar-refractivity contribution in [2.75, 3.05) is 19.8 Å². The van der Waals surface area contributed by atoms with Gasteiger partial charge < -0.3 is 14.2 Å². The van der Waals surface area contributed by atoms with E-state index in [-0.39, 0.29) is 0 Å². The first-order valence-corrected chi connectivity index (χ1v) is 8.20. The molecule has 21 heavy (non-hydrogen) atoms. The summed E-state index contributed by atoms with van der Waals surface area (Å²) in [6.07, 6.45) is 8.07. The van der Waals surface area contributed by atoms with Crippen LogP contribution in [0.1, 0.15) is 59.3 Å². The van der Waals surface area contributed by atoms with E-state index in [0.717, 1.165) is 44.3 Å². The predicted octanol–water partition coefficient (Wildman–Crippen LogP) is 4.62. The summed E-state index contributed by atoms with van der Waals surface area (Å²) in [4.78, 5) is 4.29. The van der Waals surface area contributed by atoms with Crippen LogP contribution in [0.25, 0.3) is 0 Å². The molecule has 0 radical (unpaired) electrons. The molecule has 120 valence electrons. The highest BCUT2D eigenvalue weighted by Gasteiger charge is 2.14. The lowest BCUT2D eigenvalue weighted by molar-refractivity contribution is 0.231. The predicted molar refractivity (Wildman–Crippen MR) is 85.4 cm³/mol. The second-order valence-corrected chi connectivity index (χ2v) is 5.05. The summed E-state index contributed by atoms with van der Waals surface area (Å²) in [5.41, 5.74) is 0. The molecule has 0 unspecified atom stereocenters. The van der Waals surface area contributed by atoms with Crippen molar-refractivity contribution in [2.45, 2.75) is 59.3 Å². The number of aromatic nitrogens is 1. The Bertz CT molecular complexity index is 354. The van der Waals surface area contributed by atoms with E-state index in [9.17, 15) is 0 Å². The number of nitrogens with zero attached hydrogens (tertiary/aromatic N) is 1. The summed E-state index contributed by atoms with van der Waals surface area (Å²) in [6, 6.07) is 1.85. The van der Waals surface area contributed by atoms with E-state index in [4.69, 9.17) is 14.2 Å². The Kier molecular flexibility index (Phi) is 9.42. The van der Waals surface area contributed by atoms with Crippen LogP contribution in [-0.4, -0.2) is 24.8 Å². The maximum atomic E-state index is 5.86. The van der Waals surface area contributed by atoms with E-state index in [2.05, 4.69) is 25.8 Å². The highest BCUT2D eigenvalue weighted by Crippen LogP contribution is 2.35. The van der Waals surface area contributed by atoms with Gasteiger partial charge in [0.15, 0.2) is 5.75 Å². The van der Waals surface area contributed by atoms with Crippen molar-refractivity contribution >= 4 is 0 Å². The highest BCUT2D eigenvalue weighted by molar-refractivity contribution is 5.46. The minimum absolute atomic E-state index is 0.550. The lowest BCUT2D eigenvalue weighted by Crippen LogP contribution is -2.06. The number of hydrogen-bond donors (Lipinski definition) is 0. The standard InChI is InChI=1S/C17H29NO3/c1-4-7-12-19-15-10-11-18-17(21-14-9-6-3)16(15)20-13-8-5-2/h10-11H,4-9,12-14H2,1-3H3. The van der Waals surface area contributed by atoms with Crippen molar-refractivity contribution in [1.82, 2.24) is 4.98 Å². The fourth-order valence-electron chi connectivity index (χ4n) is 1.72. The monoisotopic (exact) mass is 295 g/mol. The van der Waals surface area contributed by atoms with Gasteiger partial charge in [-0.2, -0.15) is 0 Å². The third kappa shape index (κ3) is 6.69. The lowest BCUT2D eigenvalue weighted by atomic mass is 10.3. The zero-order valence-corrected chi connectivity index (χ0v) is 13.7. The summed E-state index contributed by atoms with van der Waals surface area (Å²) >= 11 is 0. The van der Waals surface area contributed by atoms with Crippen molar-refractivity contribution in [1.29, 1.82) is 0 Å². The molecule has 4 nitrogen and oxygen atoms in total. The van der Waals surface area contributed by atoms with Crippen LogP contribution in [0.15, 0.2) is 12.3 Å². The fraction of sp³-hybridized carbons (Fsp3) is 0.706. The van der Waals surface area contributed by atoms with Gasteiger partial charge in [0.2, 0.25) is 5.75 Å². The average Bonchev–Trinajstić information content (AvgIpc) is 2.50. The topological polar surface area (TPSA) is 40.6 Å². The molecule has 0 aromatic carbocycles. The van der Waals surface area contributed by atoms with Gasteiger partial charge in [0.25, 0.3) is 5.88 Å². The molecule has 0 aliphatic heterocycles. The zero-order valence-electron chi connectivity index (χ0n) is 13.7. The quantitative estimate of drug-likeness (QED) is 0.528. The number of unbranched alkanes of at least 4 members (excludes halogenated alkanes) is 3. The lowest BCUT2D eigenvalue weighted by Gasteiger charge is -2.15. The van der Waals surface area contributed by atoms with E-state index in [1.165, 1.54) is 0 Å². The van der Waals surface area contributed by atoms with Crippen LogP contribution < -0.4 is 14.2 Å². The normalized spacial score (nSPS) is 10.4. The number of ether oxygens (including phenoxy) is 3. The highest BCUT2D eigenvalue weighted by atomic mass is 16.5. The first kappa shape index (κ1) is 17.6. The number of pyridine rings is 1. The molecule has 0 saturated heterocycles. The smallest absolute Gasteiger partial charge is 0.261 e. The average molecular weight is 295 g/mol. The Morgan fingerprint density at radius 2 is 1.38 bits per heavy atom. The Hall–Kier alpha value is -1.45. The van der Waals surface area contributed by atoms with Crippen molar-refractivity contribution in [2.24, 2.45) is 0 Å². The van der Waals surface area contributed by atoms with E-state index in [1.54, 1.807) is 6.20 Å². The Balaban J connectivity index is 2.75.